The van der Waals surface area contributed by atoms with Crippen LogP contribution in [0.25, 0.3) is 0 Å². The summed E-state index contributed by atoms with van der Waals surface area (Å²) in [6, 6.07) is 14.5. The Morgan fingerprint density at radius 1 is 1.00 bits per heavy atom. The fourth-order valence-electron chi connectivity index (χ4n) is 2.42. The Kier molecular flexibility index (Phi) is 4.94. The van der Waals surface area contributed by atoms with Crippen LogP contribution in [0.2, 0.25) is 0 Å². The number of esters is 1. The molecule has 0 spiro atoms. The van der Waals surface area contributed by atoms with Gasteiger partial charge in [-0.25, -0.2) is 0 Å². The van der Waals surface area contributed by atoms with Crippen LogP contribution in [0.3, 0.4) is 0 Å². The topological polar surface area (TPSA) is 46.6 Å². The number of anilines is 1. The van der Waals surface area contributed by atoms with Gasteiger partial charge in [-0.2, -0.15) is 0 Å². The summed E-state index contributed by atoms with van der Waals surface area (Å²) < 4.78 is 4.73. The van der Waals surface area contributed by atoms with Crippen LogP contribution in [0.4, 0.5) is 5.69 Å². The molecule has 0 aliphatic carbocycles. The number of methoxy groups -OCH3 is 1. The van der Waals surface area contributed by atoms with Crippen molar-refractivity contribution < 1.29 is 14.3 Å². The summed E-state index contributed by atoms with van der Waals surface area (Å²) in [6.07, 6.45) is 0.139. The predicted molar refractivity (Wildman–Crippen MR) is 86.4 cm³/mol. The van der Waals surface area contributed by atoms with Gasteiger partial charge in [-0.3, -0.25) is 9.59 Å². The van der Waals surface area contributed by atoms with Crippen molar-refractivity contribution in [3.63, 3.8) is 0 Å². The fraction of sp³-hybridized carbons (Fsp3) is 0.222. The zero-order valence-electron chi connectivity index (χ0n) is 13.0. The maximum atomic E-state index is 12.7. The lowest BCUT2D eigenvalue weighted by Gasteiger charge is -2.20. The molecule has 2 rings (SSSR count). The Bertz CT molecular complexity index is 678. The minimum Gasteiger partial charge on any atom is -0.469 e. The molecule has 4 nitrogen and oxygen atoms in total. The number of ether oxygens (including phenoxy) is 1. The van der Waals surface area contributed by atoms with Crippen LogP contribution in [0.5, 0.6) is 0 Å². The van der Waals surface area contributed by atoms with E-state index in [2.05, 4.69) is 0 Å². The first kappa shape index (κ1) is 15.8. The lowest BCUT2D eigenvalue weighted by molar-refractivity contribution is -0.139. The summed E-state index contributed by atoms with van der Waals surface area (Å²) >= 11 is 0. The zero-order chi connectivity index (χ0) is 16.1. The van der Waals surface area contributed by atoms with E-state index >= 15 is 0 Å². The van der Waals surface area contributed by atoms with E-state index in [0.717, 1.165) is 11.3 Å². The van der Waals surface area contributed by atoms with E-state index in [1.54, 1.807) is 24.3 Å². The molecule has 0 saturated carbocycles. The van der Waals surface area contributed by atoms with E-state index in [0.29, 0.717) is 11.1 Å². The van der Waals surface area contributed by atoms with Crippen molar-refractivity contribution in [1.29, 1.82) is 0 Å². The van der Waals surface area contributed by atoms with Gasteiger partial charge in [0.25, 0.3) is 0 Å². The van der Waals surface area contributed by atoms with Gasteiger partial charge in [0.2, 0.25) is 0 Å². The highest BCUT2D eigenvalue weighted by molar-refractivity contribution is 6.12. The minimum atomic E-state index is -0.326. The molecule has 0 unspecified atom stereocenters. The van der Waals surface area contributed by atoms with Crippen molar-refractivity contribution in [1.82, 2.24) is 0 Å². The number of hydrogen-bond acceptors (Lipinski definition) is 4. The summed E-state index contributed by atoms with van der Waals surface area (Å²) in [5.41, 5.74) is 2.74. The van der Waals surface area contributed by atoms with Crippen molar-refractivity contribution in [2.75, 3.05) is 26.1 Å². The van der Waals surface area contributed by atoms with Crippen LogP contribution in [-0.2, 0) is 16.0 Å². The van der Waals surface area contributed by atoms with E-state index in [1.165, 1.54) is 7.11 Å². The highest BCUT2D eigenvalue weighted by Crippen LogP contribution is 2.27. The van der Waals surface area contributed by atoms with E-state index < -0.39 is 0 Å². The van der Waals surface area contributed by atoms with Gasteiger partial charge in [-0.05, 0) is 11.6 Å². The molecule has 0 N–H and O–H groups in total. The van der Waals surface area contributed by atoms with Gasteiger partial charge in [-0.1, -0.05) is 42.5 Å². The van der Waals surface area contributed by atoms with Crippen molar-refractivity contribution in [2.45, 2.75) is 6.42 Å². The molecule has 22 heavy (non-hydrogen) atoms. The molecule has 0 aliphatic heterocycles. The number of rotatable bonds is 5. The third-order valence-electron chi connectivity index (χ3n) is 3.41. The van der Waals surface area contributed by atoms with E-state index in [9.17, 15) is 9.59 Å². The summed E-state index contributed by atoms with van der Waals surface area (Å²) in [4.78, 5) is 26.2. The number of carbonyl (C=O) groups excluding carboxylic acids is 2. The lowest BCUT2D eigenvalue weighted by Crippen LogP contribution is -2.18. The van der Waals surface area contributed by atoms with Crippen LogP contribution in [0.15, 0.2) is 48.5 Å². The summed E-state index contributed by atoms with van der Waals surface area (Å²) in [5, 5.41) is 0. The van der Waals surface area contributed by atoms with Gasteiger partial charge in [0.05, 0.1) is 19.2 Å². The second-order valence-corrected chi connectivity index (χ2v) is 5.16. The van der Waals surface area contributed by atoms with Crippen LogP contribution < -0.4 is 4.90 Å². The largest absolute Gasteiger partial charge is 0.469 e. The number of para-hydroxylation sites is 1. The molecule has 0 heterocycles. The third-order valence-corrected chi connectivity index (χ3v) is 3.41. The molecule has 0 aliphatic rings. The summed E-state index contributed by atoms with van der Waals surface area (Å²) in [7, 11) is 5.08. The van der Waals surface area contributed by atoms with Crippen LogP contribution in [0.1, 0.15) is 21.5 Å². The first-order chi connectivity index (χ1) is 10.5. The summed E-state index contributed by atoms with van der Waals surface area (Å²) in [5.74, 6) is -0.386. The van der Waals surface area contributed by atoms with Crippen molar-refractivity contribution in [2.24, 2.45) is 0 Å². The molecular weight excluding hydrogens is 278 g/mol. The first-order valence-corrected chi connectivity index (χ1v) is 7.00. The Morgan fingerprint density at radius 3 is 2.27 bits per heavy atom. The van der Waals surface area contributed by atoms with Crippen LogP contribution >= 0.6 is 0 Å². The SMILES string of the molecule is COC(=O)Cc1cccc(C(=O)c2ccccc2)c1N(C)C. The van der Waals surface area contributed by atoms with Gasteiger partial charge in [0, 0.05) is 25.2 Å². The molecule has 0 saturated heterocycles. The molecule has 0 atom stereocenters. The second-order valence-electron chi connectivity index (χ2n) is 5.16. The standard InChI is InChI=1S/C18H19NO3/c1-19(2)17-14(12-16(20)22-3)10-7-11-15(17)18(21)13-8-5-4-6-9-13/h4-11H,12H2,1-3H3. The normalized spacial score (nSPS) is 10.1. The molecule has 2 aromatic rings. The molecule has 2 aromatic carbocycles. The molecule has 0 aromatic heterocycles. The van der Waals surface area contributed by atoms with Gasteiger partial charge >= 0.3 is 5.97 Å². The maximum absolute atomic E-state index is 12.7. The van der Waals surface area contributed by atoms with Crippen LogP contribution in [-0.4, -0.2) is 33.0 Å². The molecule has 4 heteroatoms. The minimum absolute atomic E-state index is 0.0592. The molecule has 0 amide bonds. The third kappa shape index (κ3) is 3.34. The number of benzene rings is 2. The first-order valence-electron chi connectivity index (χ1n) is 7.00. The molecular formula is C18H19NO3. The predicted octanol–water partition coefficient (Wildman–Crippen LogP) is 2.70. The van der Waals surface area contributed by atoms with Gasteiger partial charge in [0.1, 0.15) is 0 Å². The fourth-order valence-corrected chi connectivity index (χ4v) is 2.42. The van der Waals surface area contributed by atoms with E-state index in [-0.39, 0.29) is 18.2 Å². The Morgan fingerprint density at radius 2 is 1.68 bits per heavy atom. The maximum Gasteiger partial charge on any atom is 0.310 e. The van der Waals surface area contributed by atoms with Crippen molar-refractivity contribution >= 4 is 17.4 Å². The Hall–Kier alpha value is -2.62. The number of carbonyl (C=O) groups is 2. The van der Waals surface area contributed by atoms with Gasteiger partial charge in [-0.15, -0.1) is 0 Å². The second kappa shape index (κ2) is 6.89. The van der Waals surface area contributed by atoms with Gasteiger partial charge in [0.15, 0.2) is 5.78 Å². The smallest absolute Gasteiger partial charge is 0.310 e. The van der Waals surface area contributed by atoms with E-state index in [4.69, 9.17) is 4.74 Å². The highest BCUT2D eigenvalue weighted by Gasteiger charge is 2.19. The number of ketones is 1. The van der Waals surface area contributed by atoms with Gasteiger partial charge < -0.3 is 9.64 Å². The van der Waals surface area contributed by atoms with E-state index in [1.807, 2.05) is 43.3 Å². The molecule has 114 valence electrons. The number of nitrogens with zero attached hydrogens (tertiary/aromatic N) is 1. The van der Waals surface area contributed by atoms with Crippen molar-refractivity contribution in [3.8, 4) is 0 Å². The average molecular weight is 297 g/mol. The molecule has 0 bridgehead atoms. The Labute approximate surface area is 130 Å². The van der Waals surface area contributed by atoms with Crippen molar-refractivity contribution in [3.05, 3.63) is 65.2 Å². The zero-order valence-corrected chi connectivity index (χ0v) is 13.0. The summed E-state index contributed by atoms with van der Waals surface area (Å²) in [6.45, 7) is 0. The number of hydrogen-bond donors (Lipinski definition) is 0. The Balaban J connectivity index is 2.49. The average Bonchev–Trinajstić information content (AvgIpc) is 2.54. The van der Waals surface area contributed by atoms with Crippen LogP contribution in [0, 0.1) is 0 Å². The lowest BCUT2D eigenvalue weighted by atomic mass is 9.97. The highest BCUT2D eigenvalue weighted by atomic mass is 16.5. The quantitative estimate of drug-likeness (QED) is 0.629. The molecule has 0 fully saturated rings. The monoisotopic (exact) mass is 297 g/mol. The molecule has 0 radical (unpaired) electrons.